The Balaban J connectivity index is 2.17. The molecule has 0 N–H and O–H groups in total. The van der Waals surface area contributed by atoms with E-state index in [1.54, 1.807) is 24.1 Å². The van der Waals surface area contributed by atoms with Crippen molar-refractivity contribution in [2.24, 2.45) is 5.92 Å². The third kappa shape index (κ3) is 1.91. The van der Waals surface area contributed by atoms with Crippen LogP contribution < -0.4 is 9.64 Å². The summed E-state index contributed by atoms with van der Waals surface area (Å²) >= 11 is 0. The minimum absolute atomic E-state index is 0.00210. The molecule has 1 heterocycles. The van der Waals surface area contributed by atoms with Gasteiger partial charge in [-0.1, -0.05) is 0 Å². The van der Waals surface area contributed by atoms with Crippen LogP contribution in [-0.2, 0) is 9.59 Å². The summed E-state index contributed by atoms with van der Waals surface area (Å²) in [6.07, 6.45) is 1.16. The Morgan fingerprint density at radius 2 is 2.06 bits per heavy atom. The first-order chi connectivity index (χ1) is 7.74. The number of carbonyl (C=O) groups is 2. The van der Waals surface area contributed by atoms with Gasteiger partial charge in [-0.3, -0.25) is 4.79 Å². The Kier molecular flexibility index (Phi) is 2.90. The molecule has 0 saturated carbocycles. The molecule has 4 heteroatoms. The van der Waals surface area contributed by atoms with Crippen molar-refractivity contribution in [1.29, 1.82) is 0 Å². The van der Waals surface area contributed by atoms with Gasteiger partial charge in [0, 0.05) is 24.6 Å². The summed E-state index contributed by atoms with van der Waals surface area (Å²) in [7, 11) is 1.60. The van der Waals surface area contributed by atoms with Gasteiger partial charge in [0.1, 0.15) is 12.0 Å². The molecule has 16 heavy (non-hydrogen) atoms. The van der Waals surface area contributed by atoms with E-state index in [0.29, 0.717) is 13.0 Å². The summed E-state index contributed by atoms with van der Waals surface area (Å²) in [5.74, 6) is 0.583. The molecule has 1 unspecified atom stereocenters. The molecule has 1 saturated heterocycles. The summed E-state index contributed by atoms with van der Waals surface area (Å²) in [5.41, 5.74) is 0.815. The van der Waals surface area contributed by atoms with E-state index in [9.17, 15) is 9.59 Å². The monoisotopic (exact) mass is 219 g/mol. The molecule has 0 radical (unpaired) electrons. The van der Waals surface area contributed by atoms with Gasteiger partial charge in [0.2, 0.25) is 5.91 Å². The van der Waals surface area contributed by atoms with Crippen LogP contribution in [0.2, 0.25) is 0 Å². The molecule has 0 aliphatic carbocycles. The second-order valence-corrected chi connectivity index (χ2v) is 3.80. The van der Waals surface area contributed by atoms with Gasteiger partial charge >= 0.3 is 0 Å². The lowest BCUT2D eigenvalue weighted by molar-refractivity contribution is -0.119. The Labute approximate surface area is 93.8 Å². The van der Waals surface area contributed by atoms with E-state index >= 15 is 0 Å². The number of hydrogen-bond donors (Lipinski definition) is 0. The van der Waals surface area contributed by atoms with Crippen molar-refractivity contribution in [2.75, 3.05) is 18.6 Å². The minimum Gasteiger partial charge on any atom is -0.497 e. The van der Waals surface area contributed by atoms with Crippen molar-refractivity contribution in [2.45, 2.75) is 6.42 Å². The number of anilines is 1. The minimum atomic E-state index is -0.172. The lowest BCUT2D eigenvalue weighted by Crippen LogP contribution is -2.24. The molecule has 2 rings (SSSR count). The number of amides is 1. The number of ether oxygens (including phenoxy) is 1. The van der Waals surface area contributed by atoms with Gasteiger partial charge in [0.25, 0.3) is 0 Å². The van der Waals surface area contributed by atoms with Crippen LogP contribution in [0.5, 0.6) is 5.75 Å². The molecular weight excluding hydrogens is 206 g/mol. The van der Waals surface area contributed by atoms with Crippen LogP contribution in [-0.4, -0.2) is 25.8 Å². The predicted molar refractivity (Wildman–Crippen MR) is 59.5 cm³/mol. The van der Waals surface area contributed by atoms with Crippen LogP contribution in [0.4, 0.5) is 5.69 Å². The van der Waals surface area contributed by atoms with Crippen molar-refractivity contribution in [3.8, 4) is 5.75 Å². The van der Waals surface area contributed by atoms with Crippen molar-refractivity contribution in [3.63, 3.8) is 0 Å². The zero-order valence-corrected chi connectivity index (χ0v) is 9.05. The number of rotatable bonds is 3. The van der Waals surface area contributed by atoms with Gasteiger partial charge in [-0.25, -0.2) is 0 Å². The molecular formula is C12H13NO3. The predicted octanol–water partition coefficient (Wildman–Crippen LogP) is 1.25. The van der Waals surface area contributed by atoms with Gasteiger partial charge in [-0.15, -0.1) is 0 Å². The summed E-state index contributed by atoms with van der Waals surface area (Å²) in [6.45, 7) is 0.481. The third-order valence-corrected chi connectivity index (χ3v) is 2.73. The van der Waals surface area contributed by atoms with Gasteiger partial charge in [-0.2, -0.15) is 0 Å². The fourth-order valence-corrected chi connectivity index (χ4v) is 1.84. The van der Waals surface area contributed by atoms with Crippen LogP contribution >= 0.6 is 0 Å². The average Bonchev–Trinajstić information content (AvgIpc) is 2.71. The van der Waals surface area contributed by atoms with Gasteiger partial charge in [-0.05, 0) is 24.3 Å². The number of methoxy groups -OCH3 is 1. The summed E-state index contributed by atoms with van der Waals surface area (Å²) in [5, 5.41) is 0. The zero-order chi connectivity index (χ0) is 11.5. The topological polar surface area (TPSA) is 46.6 Å². The first-order valence-electron chi connectivity index (χ1n) is 5.14. The van der Waals surface area contributed by atoms with Crippen LogP contribution in [0.25, 0.3) is 0 Å². The number of aldehydes is 1. The second kappa shape index (κ2) is 4.35. The lowest BCUT2D eigenvalue weighted by atomic mass is 10.1. The number of benzene rings is 1. The molecule has 1 aliphatic rings. The van der Waals surface area contributed by atoms with E-state index in [2.05, 4.69) is 0 Å². The summed E-state index contributed by atoms with van der Waals surface area (Å²) in [6, 6.07) is 7.25. The molecule has 4 nitrogen and oxygen atoms in total. The highest BCUT2D eigenvalue weighted by atomic mass is 16.5. The summed E-state index contributed by atoms with van der Waals surface area (Å²) < 4.78 is 5.04. The molecule has 1 aromatic carbocycles. The molecule has 1 atom stereocenters. The van der Waals surface area contributed by atoms with E-state index in [-0.39, 0.29) is 11.8 Å². The molecule has 1 amide bonds. The van der Waals surface area contributed by atoms with E-state index < -0.39 is 0 Å². The normalized spacial score (nSPS) is 19.9. The number of nitrogens with zero attached hydrogens (tertiary/aromatic N) is 1. The van der Waals surface area contributed by atoms with Crippen molar-refractivity contribution >= 4 is 17.9 Å². The Bertz CT molecular complexity index is 399. The molecule has 0 spiro atoms. The second-order valence-electron chi connectivity index (χ2n) is 3.80. The van der Waals surface area contributed by atoms with Crippen molar-refractivity contribution < 1.29 is 14.3 Å². The van der Waals surface area contributed by atoms with Crippen LogP contribution in [0, 0.1) is 5.92 Å². The Morgan fingerprint density at radius 3 is 2.56 bits per heavy atom. The maximum absolute atomic E-state index is 11.6. The van der Waals surface area contributed by atoms with Crippen LogP contribution in [0.1, 0.15) is 6.42 Å². The Hall–Kier alpha value is -1.84. The molecule has 1 fully saturated rings. The largest absolute Gasteiger partial charge is 0.497 e. The highest BCUT2D eigenvalue weighted by molar-refractivity contribution is 5.97. The smallest absolute Gasteiger partial charge is 0.227 e. The van der Waals surface area contributed by atoms with Gasteiger partial charge < -0.3 is 14.4 Å². The standard InChI is InChI=1S/C12H13NO3/c1-16-11-4-2-10(3-5-11)13-7-9(8-14)6-12(13)15/h2-5,8-9H,6-7H2,1H3. The number of carbonyl (C=O) groups excluding carboxylic acids is 2. The number of hydrogen-bond acceptors (Lipinski definition) is 3. The zero-order valence-electron chi connectivity index (χ0n) is 9.05. The van der Waals surface area contributed by atoms with Crippen LogP contribution in [0.3, 0.4) is 0 Å². The highest BCUT2D eigenvalue weighted by Gasteiger charge is 2.30. The highest BCUT2D eigenvalue weighted by Crippen LogP contribution is 2.25. The Morgan fingerprint density at radius 1 is 1.38 bits per heavy atom. The van der Waals surface area contributed by atoms with E-state index in [4.69, 9.17) is 4.74 Å². The molecule has 84 valence electrons. The van der Waals surface area contributed by atoms with E-state index in [0.717, 1.165) is 17.7 Å². The third-order valence-electron chi connectivity index (χ3n) is 2.73. The molecule has 0 aromatic heterocycles. The van der Waals surface area contributed by atoms with E-state index in [1.165, 1.54) is 0 Å². The summed E-state index contributed by atoms with van der Waals surface area (Å²) in [4.78, 5) is 23.9. The molecule has 1 aromatic rings. The van der Waals surface area contributed by atoms with Gasteiger partial charge in [0.15, 0.2) is 0 Å². The lowest BCUT2D eigenvalue weighted by Gasteiger charge is -2.16. The first-order valence-corrected chi connectivity index (χ1v) is 5.14. The maximum Gasteiger partial charge on any atom is 0.227 e. The maximum atomic E-state index is 11.6. The quantitative estimate of drug-likeness (QED) is 0.719. The fraction of sp³-hybridized carbons (Fsp3) is 0.333. The fourth-order valence-electron chi connectivity index (χ4n) is 1.84. The van der Waals surface area contributed by atoms with E-state index in [1.807, 2.05) is 12.1 Å². The average molecular weight is 219 g/mol. The first kappa shape index (κ1) is 10.7. The van der Waals surface area contributed by atoms with Crippen molar-refractivity contribution in [1.82, 2.24) is 0 Å². The van der Waals surface area contributed by atoms with Gasteiger partial charge in [0.05, 0.1) is 7.11 Å². The molecule has 0 bridgehead atoms. The molecule has 1 aliphatic heterocycles. The SMILES string of the molecule is COc1ccc(N2CC(C=O)CC2=O)cc1. The van der Waals surface area contributed by atoms with Crippen molar-refractivity contribution in [3.05, 3.63) is 24.3 Å². The van der Waals surface area contributed by atoms with Crippen LogP contribution in [0.15, 0.2) is 24.3 Å².